The molecule has 4 aromatic rings. The van der Waals surface area contributed by atoms with Crippen molar-refractivity contribution in [3.63, 3.8) is 0 Å². The predicted molar refractivity (Wildman–Crippen MR) is 106 cm³/mol. The van der Waals surface area contributed by atoms with Gasteiger partial charge in [-0.2, -0.15) is 0 Å². The molecule has 27 heavy (non-hydrogen) atoms. The third kappa shape index (κ3) is 4.21. The fraction of sp³-hybridized carbons (Fsp3) is 0.100. The van der Waals surface area contributed by atoms with E-state index in [-0.39, 0.29) is 5.69 Å². The number of hydrogen-bond acceptors (Lipinski definition) is 6. The molecule has 0 unspecified atom stereocenters. The van der Waals surface area contributed by atoms with E-state index in [0.717, 1.165) is 11.3 Å². The van der Waals surface area contributed by atoms with Gasteiger partial charge in [-0.1, -0.05) is 35.5 Å². The molecule has 1 amide bonds. The second-order valence-corrected chi connectivity index (χ2v) is 8.20. The van der Waals surface area contributed by atoms with Crippen molar-refractivity contribution in [3.05, 3.63) is 82.6 Å². The molecule has 0 aliphatic carbocycles. The second kappa shape index (κ2) is 7.96. The van der Waals surface area contributed by atoms with Crippen LogP contribution in [-0.2, 0) is 12.2 Å². The molecule has 5 nitrogen and oxygen atoms in total. The summed E-state index contributed by atoms with van der Waals surface area (Å²) in [6, 6.07) is 20.7. The molecule has 0 radical (unpaired) electrons. The Hall–Kier alpha value is -2.61. The maximum absolute atomic E-state index is 11.3. The molecule has 0 saturated carbocycles. The standard InChI is InChI=1S/C20H16N2O3S2/c23-20(21-24)18-11-15(25-22-18)12-26-16-7-5-13(6-8-16)9-17-10-14-3-1-2-4-19(14)27-17/h1-8,10-11,24H,9,12H2,(H,21,23). The summed E-state index contributed by atoms with van der Waals surface area (Å²) in [7, 11) is 0. The quantitative estimate of drug-likeness (QED) is 0.276. The molecule has 2 aromatic carbocycles. The molecular formula is C20H16N2O3S2. The lowest BCUT2D eigenvalue weighted by Crippen LogP contribution is -2.18. The van der Waals surface area contributed by atoms with Crippen molar-refractivity contribution in [3.8, 4) is 0 Å². The van der Waals surface area contributed by atoms with Crippen molar-refractivity contribution in [2.75, 3.05) is 0 Å². The Labute approximate surface area is 164 Å². The number of carbonyl (C=O) groups excluding carboxylic acids is 1. The number of rotatable bonds is 6. The van der Waals surface area contributed by atoms with Crippen molar-refractivity contribution in [2.45, 2.75) is 17.1 Å². The molecule has 2 heterocycles. The summed E-state index contributed by atoms with van der Waals surface area (Å²) < 4.78 is 6.42. The summed E-state index contributed by atoms with van der Waals surface area (Å²) in [5.74, 6) is 0.454. The topological polar surface area (TPSA) is 75.4 Å². The van der Waals surface area contributed by atoms with E-state index >= 15 is 0 Å². The largest absolute Gasteiger partial charge is 0.360 e. The van der Waals surface area contributed by atoms with Crippen LogP contribution in [0.5, 0.6) is 0 Å². The number of hydrogen-bond donors (Lipinski definition) is 2. The van der Waals surface area contributed by atoms with Gasteiger partial charge in [0.2, 0.25) is 0 Å². The van der Waals surface area contributed by atoms with Crippen LogP contribution in [0.1, 0.15) is 26.7 Å². The lowest BCUT2D eigenvalue weighted by molar-refractivity contribution is 0.0696. The van der Waals surface area contributed by atoms with Gasteiger partial charge >= 0.3 is 0 Å². The molecule has 0 aliphatic heterocycles. The third-order valence-electron chi connectivity index (χ3n) is 4.05. The Morgan fingerprint density at radius 2 is 1.96 bits per heavy atom. The number of aromatic nitrogens is 1. The highest BCUT2D eigenvalue weighted by atomic mass is 32.2. The number of thiophene rings is 1. The average molecular weight is 396 g/mol. The van der Waals surface area contributed by atoms with E-state index < -0.39 is 5.91 Å². The zero-order valence-electron chi connectivity index (χ0n) is 14.2. The Balaban J connectivity index is 1.37. The van der Waals surface area contributed by atoms with Gasteiger partial charge in [0.1, 0.15) is 5.76 Å². The highest BCUT2D eigenvalue weighted by molar-refractivity contribution is 7.98. The summed E-state index contributed by atoms with van der Waals surface area (Å²) in [6.45, 7) is 0. The van der Waals surface area contributed by atoms with Gasteiger partial charge in [0.15, 0.2) is 5.69 Å². The Morgan fingerprint density at radius 3 is 2.74 bits per heavy atom. The van der Waals surface area contributed by atoms with Crippen LogP contribution < -0.4 is 5.48 Å². The highest BCUT2D eigenvalue weighted by Crippen LogP contribution is 2.28. The first-order valence-corrected chi connectivity index (χ1v) is 10.1. The first kappa shape index (κ1) is 17.8. The van der Waals surface area contributed by atoms with Crippen LogP contribution in [0.15, 0.2) is 70.1 Å². The summed E-state index contributed by atoms with van der Waals surface area (Å²) >= 11 is 3.43. The molecule has 0 saturated heterocycles. The van der Waals surface area contributed by atoms with E-state index in [2.05, 4.69) is 59.8 Å². The van der Waals surface area contributed by atoms with Crippen molar-refractivity contribution < 1.29 is 14.5 Å². The van der Waals surface area contributed by atoms with E-state index in [1.807, 2.05) is 11.3 Å². The van der Waals surface area contributed by atoms with Gasteiger partial charge in [0, 0.05) is 27.0 Å². The van der Waals surface area contributed by atoms with Crippen LogP contribution in [0, 0.1) is 0 Å². The molecule has 2 N–H and O–H groups in total. The molecule has 0 bridgehead atoms. The number of nitrogens with one attached hydrogen (secondary N) is 1. The summed E-state index contributed by atoms with van der Waals surface area (Å²) in [6.07, 6.45) is 0.923. The molecule has 0 fully saturated rings. The zero-order chi connectivity index (χ0) is 18.6. The van der Waals surface area contributed by atoms with Crippen molar-refractivity contribution in [1.29, 1.82) is 0 Å². The zero-order valence-corrected chi connectivity index (χ0v) is 15.8. The lowest BCUT2D eigenvalue weighted by atomic mass is 10.1. The molecule has 4 rings (SSSR count). The third-order valence-corrected chi connectivity index (χ3v) is 6.20. The predicted octanol–water partition coefficient (Wildman–Crippen LogP) is 4.89. The molecule has 0 atom stereocenters. The molecule has 2 aromatic heterocycles. The van der Waals surface area contributed by atoms with E-state index in [1.165, 1.54) is 32.1 Å². The van der Waals surface area contributed by atoms with Crippen LogP contribution in [0.25, 0.3) is 10.1 Å². The number of benzene rings is 2. The van der Waals surface area contributed by atoms with Crippen LogP contribution in [0.2, 0.25) is 0 Å². The van der Waals surface area contributed by atoms with Crippen molar-refractivity contribution >= 4 is 39.1 Å². The van der Waals surface area contributed by atoms with E-state index in [4.69, 9.17) is 9.73 Å². The number of nitrogens with zero attached hydrogens (tertiary/aromatic N) is 1. The fourth-order valence-electron chi connectivity index (χ4n) is 2.73. The minimum absolute atomic E-state index is 0.0618. The Kier molecular flexibility index (Phi) is 5.24. The van der Waals surface area contributed by atoms with E-state index in [0.29, 0.717) is 11.5 Å². The van der Waals surface area contributed by atoms with Crippen molar-refractivity contribution in [1.82, 2.24) is 10.6 Å². The number of hydroxylamine groups is 1. The second-order valence-electron chi connectivity index (χ2n) is 5.98. The maximum Gasteiger partial charge on any atom is 0.296 e. The maximum atomic E-state index is 11.3. The van der Waals surface area contributed by atoms with Crippen LogP contribution in [0.3, 0.4) is 0 Å². The van der Waals surface area contributed by atoms with E-state index in [1.54, 1.807) is 11.8 Å². The minimum Gasteiger partial charge on any atom is -0.360 e. The lowest BCUT2D eigenvalue weighted by Gasteiger charge is -2.02. The highest BCUT2D eigenvalue weighted by Gasteiger charge is 2.11. The fourth-order valence-corrected chi connectivity index (χ4v) is 4.60. The first-order valence-electron chi connectivity index (χ1n) is 8.30. The summed E-state index contributed by atoms with van der Waals surface area (Å²) in [5, 5.41) is 13.5. The molecule has 136 valence electrons. The van der Waals surface area contributed by atoms with Gasteiger partial charge in [-0.25, -0.2) is 5.48 Å². The monoisotopic (exact) mass is 396 g/mol. The summed E-state index contributed by atoms with van der Waals surface area (Å²) in [4.78, 5) is 13.7. The number of fused-ring (bicyclic) bond motifs is 1. The first-order chi connectivity index (χ1) is 13.2. The number of amides is 1. The van der Waals surface area contributed by atoms with Gasteiger partial charge in [-0.15, -0.1) is 23.1 Å². The van der Waals surface area contributed by atoms with Gasteiger partial charge < -0.3 is 4.52 Å². The van der Waals surface area contributed by atoms with Crippen LogP contribution >= 0.6 is 23.1 Å². The SMILES string of the molecule is O=C(NO)c1cc(CSc2ccc(Cc3cc4ccccc4s3)cc2)on1. The molecule has 0 aliphatic rings. The Bertz CT molecular complexity index is 1040. The van der Waals surface area contributed by atoms with Crippen molar-refractivity contribution in [2.24, 2.45) is 0 Å². The molecule has 7 heteroatoms. The van der Waals surface area contributed by atoms with Gasteiger partial charge in [-0.05, 0) is 35.2 Å². The van der Waals surface area contributed by atoms with Gasteiger partial charge in [-0.3, -0.25) is 10.0 Å². The number of carbonyl (C=O) groups is 1. The Morgan fingerprint density at radius 1 is 1.15 bits per heavy atom. The summed E-state index contributed by atoms with van der Waals surface area (Å²) in [5.41, 5.74) is 2.87. The normalized spacial score (nSPS) is 11.0. The number of thioether (sulfide) groups is 1. The molecular weight excluding hydrogens is 380 g/mol. The van der Waals surface area contributed by atoms with Gasteiger partial charge in [0.05, 0.1) is 5.75 Å². The van der Waals surface area contributed by atoms with Crippen LogP contribution in [0.4, 0.5) is 0 Å². The van der Waals surface area contributed by atoms with E-state index in [9.17, 15) is 4.79 Å². The molecule has 0 spiro atoms. The average Bonchev–Trinajstić information content (AvgIpc) is 3.33. The smallest absolute Gasteiger partial charge is 0.296 e. The van der Waals surface area contributed by atoms with Gasteiger partial charge in [0.25, 0.3) is 5.91 Å². The minimum atomic E-state index is -0.680. The van der Waals surface area contributed by atoms with Crippen LogP contribution in [-0.4, -0.2) is 16.3 Å².